The van der Waals surface area contributed by atoms with Gasteiger partial charge in [-0.3, -0.25) is 0 Å². The molecule has 1 aliphatic rings. The van der Waals surface area contributed by atoms with E-state index in [0.29, 0.717) is 5.92 Å². The van der Waals surface area contributed by atoms with Crippen LogP contribution in [0.1, 0.15) is 29.5 Å². The Morgan fingerprint density at radius 2 is 1.89 bits per heavy atom. The van der Waals surface area contributed by atoms with Crippen LogP contribution in [0.15, 0.2) is 6.07 Å². The van der Waals surface area contributed by atoms with E-state index >= 15 is 0 Å². The molecule has 19 heavy (non-hydrogen) atoms. The number of aryl methyl sites for hydroxylation is 2. The van der Waals surface area contributed by atoms with E-state index in [9.17, 15) is 0 Å². The van der Waals surface area contributed by atoms with Crippen LogP contribution in [0.25, 0.3) is 0 Å². The smallest absolute Gasteiger partial charge is 0.164 e. The summed E-state index contributed by atoms with van der Waals surface area (Å²) in [5, 5.41) is 3.48. The van der Waals surface area contributed by atoms with Gasteiger partial charge in [0.05, 0.1) is 14.2 Å². The van der Waals surface area contributed by atoms with Gasteiger partial charge in [-0.05, 0) is 63.2 Å². The van der Waals surface area contributed by atoms with Crippen LogP contribution >= 0.6 is 0 Å². The zero-order chi connectivity index (χ0) is 13.8. The maximum absolute atomic E-state index is 5.63. The van der Waals surface area contributed by atoms with E-state index in [1.807, 2.05) is 0 Å². The van der Waals surface area contributed by atoms with E-state index in [0.717, 1.165) is 36.6 Å². The largest absolute Gasteiger partial charge is 0.493 e. The summed E-state index contributed by atoms with van der Waals surface area (Å²) in [6.07, 6.45) is 3.64. The third kappa shape index (κ3) is 3.03. The molecule has 0 amide bonds. The van der Waals surface area contributed by atoms with Crippen LogP contribution in [-0.4, -0.2) is 27.3 Å². The molecular weight excluding hydrogens is 238 g/mol. The van der Waals surface area contributed by atoms with Gasteiger partial charge in [-0.15, -0.1) is 0 Å². The van der Waals surface area contributed by atoms with Gasteiger partial charge in [0.1, 0.15) is 0 Å². The van der Waals surface area contributed by atoms with Crippen LogP contribution in [-0.2, 0) is 6.42 Å². The molecule has 3 heteroatoms. The van der Waals surface area contributed by atoms with Gasteiger partial charge in [0.2, 0.25) is 0 Å². The van der Waals surface area contributed by atoms with Crippen molar-refractivity contribution < 1.29 is 9.47 Å². The highest BCUT2D eigenvalue weighted by atomic mass is 16.5. The fraction of sp³-hybridized carbons (Fsp3) is 0.625. The van der Waals surface area contributed by atoms with Crippen molar-refractivity contribution in [1.82, 2.24) is 5.32 Å². The zero-order valence-corrected chi connectivity index (χ0v) is 12.5. The Balaban J connectivity index is 2.32. The molecule has 1 fully saturated rings. The van der Waals surface area contributed by atoms with Crippen molar-refractivity contribution in [3.8, 4) is 11.5 Å². The molecular formula is C16H25NO2. The topological polar surface area (TPSA) is 30.5 Å². The number of piperidine rings is 1. The highest BCUT2D eigenvalue weighted by Crippen LogP contribution is 2.38. The van der Waals surface area contributed by atoms with Crippen LogP contribution in [0.3, 0.4) is 0 Å². The lowest BCUT2D eigenvalue weighted by atomic mass is 9.89. The first-order valence-corrected chi connectivity index (χ1v) is 7.09. The summed E-state index contributed by atoms with van der Waals surface area (Å²) in [4.78, 5) is 0. The summed E-state index contributed by atoms with van der Waals surface area (Å²) < 4.78 is 11.1. The van der Waals surface area contributed by atoms with E-state index in [1.54, 1.807) is 14.2 Å². The molecule has 0 aromatic heterocycles. The van der Waals surface area contributed by atoms with E-state index in [2.05, 4.69) is 25.2 Å². The van der Waals surface area contributed by atoms with Crippen LogP contribution < -0.4 is 14.8 Å². The second-order valence-electron chi connectivity index (χ2n) is 5.47. The molecule has 1 aromatic carbocycles. The minimum absolute atomic E-state index is 0.703. The summed E-state index contributed by atoms with van der Waals surface area (Å²) in [5.41, 5.74) is 3.75. The predicted octanol–water partition coefficient (Wildman–Crippen LogP) is 2.86. The highest BCUT2D eigenvalue weighted by Gasteiger charge is 2.20. The van der Waals surface area contributed by atoms with Gasteiger partial charge in [0.15, 0.2) is 11.5 Å². The van der Waals surface area contributed by atoms with Crippen molar-refractivity contribution in [3.63, 3.8) is 0 Å². The summed E-state index contributed by atoms with van der Waals surface area (Å²) in [7, 11) is 3.45. The third-order valence-corrected chi connectivity index (χ3v) is 4.05. The van der Waals surface area contributed by atoms with E-state index in [-0.39, 0.29) is 0 Å². The molecule has 0 aliphatic carbocycles. The molecule has 1 heterocycles. The summed E-state index contributed by atoms with van der Waals surface area (Å²) in [6, 6.07) is 2.20. The summed E-state index contributed by atoms with van der Waals surface area (Å²) >= 11 is 0. The monoisotopic (exact) mass is 263 g/mol. The molecule has 1 atom stereocenters. The number of hydrogen-bond donors (Lipinski definition) is 1. The Morgan fingerprint density at radius 1 is 1.16 bits per heavy atom. The predicted molar refractivity (Wildman–Crippen MR) is 78.3 cm³/mol. The van der Waals surface area contributed by atoms with Crippen molar-refractivity contribution in [2.75, 3.05) is 27.3 Å². The third-order valence-electron chi connectivity index (χ3n) is 4.05. The zero-order valence-electron chi connectivity index (χ0n) is 12.5. The average Bonchev–Trinajstić information content (AvgIpc) is 2.42. The molecule has 1 unspecified atom stereocenters. The first-order valence-electron chi connectivity index (χ1n) is 7.09. The lowest BCUT2D eigenvalue weighted by Gasteiger charge is -2.25. The first-order chi connectivity index (χ1) is 9.17. The van der Waals surface area contributed by atoms with Crippen molar-refractivity contribution >= 4 is 0 Å². The molecule has 1 N–H and O–H groups in total. The molecule has 1 aliphatic heterocycles. The Bertz CT molecular complexity index is 437. The molecule has 2 rings (SSSR count). The number of hydrogen-bond acceptors (Lipinski definition) is 3. The second-order valence-corrected chi connectivity index (χ2v) is 5.47. The second kappa shape index (κ2) is 6.29. The standard InChI is InChI=1S/C16H25NO2/c1-11-8-12(2)15(18-3)16(19-4)14(11)9-13-6-5-7-17-10-13/h8,13,17H,5-7,9-10H2,1-4H3. The van der Waals surface area contributed by atoms with Gasteiger partial charge in [-0.1, -0.05) is 6.07 Å². The van der Waals surface area contributed by atoms with Gasteiger partial charge >= 0.3 is 0 Å². The average molecular weight is 263 g/mol. The van der Waals surface area contributed by atoms with Gasteiger partial charge in [-0.25, -0.2) is 0 Å². The minimum Gasteiger partial charge on any atom is -0.493 e. The number of benzene rings is 1. The maximum atomic E-state index is 5.63. The number of nitrogens with one attached hydrogen (secondary N) is 1. The van der Waals surface area contributed by atoms with Gasteiger partial charge in [-0.2, -0.15) is 0 Å². The Kier molecular flexibility index (Phi) is 4.70. The molecule has 3 nitrogen and oxygen atoms in total. The summed E-state index contributed by atoms with van der Waals surface area (Å²) in [5.74, 6) is 2.51. The summed E-state index contributed by atoms with van der Waals surface area (Å²) in [6.45, 7) is 6.50. The van der Waals surface area contributed by atoms with Crippen molar-refractivity contribution in [3.05, 3.63) is 22.8 Å². The SMILES string of the molecule is COc1c(C)cc(C)c(CC2CCCNC2)c1OC. The maximum Gasteiger partial charge on any atom is 0.164 e. The number of methoxy groups -OCH3 is 2. The number of ether oxygens (including phenoxy) is 2. The molecule has 0 saturated carbocycles. The fourth-order valence-corrected chi connectivity index (χ4v) is 3.08. The molecule has 1 aromatic rings. The van der Waals surface area contributed by atoms with Crippen LogP contribution in [0.5, 0.6) is 11.5 Å². The normalized spacial score (nSPS) is 19.3. The molecule has 0 spiro atoms. The number of rotatable bonds is 4. The minimum atomic E-state index is 0.703. The molecule has 0 radical (unpaired) electrons. The highest BCUT2D eigenvalue weighted by molar-refractivity contribution is 5.55. The first kappa shape index (κ1) is 14.2. The van der Waals surface area contributed by atoms with Gasteiger partial charge in [0, 0.05) is 5.56 Å². The lowest BCUT2D eigenvalue weighted by Crippen LogP contribution is -2.31. The van der Waals surface area contributed by atoms with E-state index in [4.69, 9.17) is 9.47 Å². The molecule has 1 saturated heterocycles. The van der Waals surface area contributed by atoms with Gasteiger partial charge < -0.3 is 14.8 Å². The van der Waals surface area contributed by atoms with E-state index in [1.165, 1.54) is 24.0 Å². The van der Waals surface area contributed by atoms with Crippen molar-refractivity contribution in [1.29, 1.82) is 0 Å². The van der Waals surface area contributed by atoms with Crippen molar-refractivity contribution in [2.45, 2.75) is 33.1 Å². The van der Waals surface area contributed by atoms with Crippen LogP contribution in [0.2, 0.25) is 0 Å². The van der Waals surface area contributed by atoms with E-state index < -0.39 is 0 Å². The Labute approximate surface area is 116 Å². The van der Waals surface area contributed by atoms with Crippen molar-refractivity contribution in [2.24, 2.45) is 5.92 Å². The fourth-order valence-electron chi connectivity index (χ4n) is 3.08. The van der Waals surface area contributed by atoms with Crippen LogP contribution in [0, 0.1) is 19.8 Å². The van der Waals surface area contributed by atoms with Gasteiger partial charge in [0.25, 0.3) is 0 Å². The Morgan fingerprint density at radius 3 is 2.47 bits per heavy atom. The van der Waals surface area contributed by atoms with Crippen LogP contribution in [0.4, 0.5) is 0 Å². The lowest BCUT2D eigenvalue weighted by molar-refractivity contribution is 0.338. The quantitative estimate of drug-likeness (QED) is 0.906. The molecule has 0 bridgehead atoms. The molecule has 106 valence electrons. The Hall–Kier alpha value is -1.22.